The first kappa shape index (κ1) is 22.4. The molecule has 0 bridgehead atoms. The summed E-state index contributed by atoms with van der Waals surface area (Å²) >= 11 is 5.94. The molecule has 0 saturated carbocycles. The predicted octanol–water partition coefficient (Wildman–Crippen LogP) is 5.60. The fourth-order valence-corrected chi connectivity index (χ4v) is 3.81. The largest absolute Gasteiger partial charge is 0.483 e. The second kappa shape index (κ2) is 9.39. The minimum Gasteiger partial charge on any atom is -0.483 e. The van der Waals surface area contributed by atoms with Crippen molar-refractivity contribution >= 4 is 23.0 Å². The highest BCUT2D eigenvalue weighted by Crippen LogP contribution is 2.28. The van der Waals surface area contributed by atoms with Crippen LogP contribution in [0, 0.1) is 31.0 Å². The van der Waals surface area contributed by atoms with Crippen molar-refractivity contribution in [1.29, 1.82) is 5.26 Å². The molecule has 0 fully saturated rings. The molecule has 8 heteroatoms. The first-order valence-corrected chi connectivity index (χ1v) is 10.6. The number of nitriles is 1. The van der Waals surface area contributed by atoms with Gasteiger partial charge in [0.1, 0.15) is 23.8 Å². The highest BCUT2D eigenvalue weighted by Gasteiger charge is 2.23. The van der Waals surface area contributed by atoms with Crippen LogP contribution in [0.1, 0.15) is 45.3 Å². The Morgan fingerprint density at radius 3 is 2.73 bits per heavy atom. The predicted molar refractivity (Wildman–Crippen MR) is 122 cm³/mol. The van der Waals surface area contributed by atoms with E-state index >= 15 is 0 Å². The Balaban J connectivity index is 1.65. The summed E-state index contributed by atoms with van der Waals surface area (Å²) < 4.78 is 21.4. The topological polar surface area (TPSA) is 80.3 Å². The average molecular weight is 463 g/mol. The van der Waals surface area contributed by atoms with Crippen LogP contribution in [0.5, 0.6) is 5.75 Å². The molecule has 0 saturated heterocycles. The number of ketones is 1. The van der Waals surface area contributed by atoms with Gasteiger partial charge < -0.3 is 4.74 Å². The number of fused-ring (bicyclic) bond motifs is 1. The molecule has 33 heavy (non-hydrogen) atoms. The van der Waals surface area contributed by atoms with Crippen LogP contribution in [0.2, 0.25) is 5.02 Å². The summed E-state index contributed by atoms with van der Waals surface area (Å²) in [5.41, 5.74) is 3.08. The first-order chi connectivity index (χ1) is 15.9. The molecule has 0 N–H and O–H groups in total. The zero-order valence-electron chi connectivity index (χ0n) is 18.0. The SMILES string of the molecule is Cc1cc(OCc2ncccc2F)c2nc(C)c(C(=O)CC(C#N)c3ccc(Cl)cc3)n2c1. The van der Waals surface area contributed by atoms with Gasteiger partial charge in [0.25, 0.3) is 0 Å². The van der Waals surface area contributed by atoms with Crippen molar-refractivity contribution in [2.75, 3.05) is 0 Å². The Morgan fingerprint density at radius 1 is 1.27 bits per heavy atom. The van der Waals surface area contributed by atoms with Gasteiger partial charge in [-0.2, -0.15) is 5.26 Å². The van der Waals surface area contributed by atoms with E-state index in [2.05, 4.69) is 16.0 Å². The van der Waals surface area contributed by atoms with Gasteiger partial charge in [-0.15, -0.1) is 0 Å². The summed E-state index contributed by atoms with van der Waals surface area (Å²) in [4.78, 5) is 21.8. The molecule has 3 heterocycles. The minimum absolute atomic E-state index is 0.00392. The summed E-state index contributed by atoms with van der Waals surface area (Å²) in [6.45, 7) is 3.53. The lowest BCUT2D eigenvalue weighted by atomic mass is 9.94. The maximum atomic E-state index is 13.9. The lowest BCUT2D eigenvalue weighted by molar-refractivity contribution is 0.0972. The molecule has 4 aromatic rings. The molecule has 1 atom stereocenters. The molecule has 6 nitrogen and oxygen atoms in total. The van der Waals surface area contributed by atoms with Crippen LogP contribution >= 0.6 is 11.6 Å². The van der Waals surface area contributed by atoms with E-state index in [4.69, 9.17) is 16.3 Å². The normalized spacial score (nSPS) is 11.8. The number of pyridine rings is 2. The summed E-state index contributed by atoms with van der Waals surface area (Å²) in [6.07, 6.45) is 3.28. The zero-order valence-corrected chi connectivity index (χ0v) is 18.8. The van der Waals surface area contributed by atoms with Crippen molar-refractivity contribution in [2.45, 2.75) is 32.8 Å². The monoisotopic (exact) mass is 462 g/mol. The van der Waals surface area contributed by atoms with Crippen molar-refractivity contribution in [3.8, 4) is 11.8 Å². The third-order valence-electron chi connectivity index (χ3n) is 5.28. The maximum absolute atomic E-state index is 13.9. The van der Waals surface area contributed by atoms with Gasteiger partial charge in [0, 0.05) is 23.8 Å². The number of imidazole rings is 1. The van der Waals surface area contributed by atoms with Crippen LogP contribution in [0.25, 0.3) is 5.65 Å². The molecule has 3 aromatic heterocycles. The van der Waals surface area contributed by atoms with Crippen molar-refractivity contribution in [2.24, 2.45) is 0 Å². The van der Waals surface area contributed by atoms with Crippen molar-refractivity contribution in [1.82, 2.24) is 14.4 Å². The van der Waals surface area contributed by atoms with Crippen molar-refractivity contribution in [3.05, 3.63) is 93.9 Å². The maximum Gasteiger partial charge on any atom is 0.183 e. The van der Waals surface area contributed by atoms with Gasteiger partial charge >= 0.3 is 0 Å². The van der Waals surface area contributed by atoms with E-state index in [0.29, 0.717) is 27.8 Å². The second-order valence-corrected chi connectivity index (χ2v) is 8.14. The minimum atomic E-state index is -0.618. The van der Waals surface area contributed by atoms with Crippen LogP contribution in [-0.4, -0.2) is 20.2 Å². The molecule has 0 aliphatic rings. The number of hydrogen-bond acceptors (Lipinski definition) is 5. The van der Waals surface area contributed by atoms with E-state index in [1.54, 1.807) is 47.9 Å². The van der Waals surface area contributed by atoms with Gasteiger partial charge in [-0.05, 0) is 55.3 Å². The third-order valence-corrected chi connectivity index (χ3v) is 5.53. The van der Waals surface area contributed by atoms with Crippen molar-refractivity contribution < 1.29 is 13.9 Å². The molecule has 0 spiro atoms. The van der Waals surface area contributed by atoms with E-state index in [-0.39, 0.29) is 24.5 Å². The molecule has 1 aromatic carbocycles. The van der Waals surface area contributed by atoms with Crippen LogP contribution in [-0.2, 0) is 6.61 Å². The van der Waals surface area contributed by atoms with Gasteiger partial charge in [-0.25, -0.2) is 9.37 Å². The highest BCUT2D eigenvalue weighted by atomic mass is 35.5. The van der Waals surface area contributed by atoms with Crippen LogP contribution in [0.3, 0.4) is 0 Å². The number of benzene rings is 1. The fourth-order valence-electron chi connectivity index (χ4n) is 3.69. The van der Waals surface area contributed by atoms with Gasteiger partial charge in [-0.1, -0.05) is 23.7 Å². The number of halogens is 2. The molecule has 0 amide bonds. The fraction of sp³-hybridized carbons (Fsp3) is 0.200. The summed E-state index contributed by atoms with van der Waals surface area (Å²) in [6, 6.07) is 13.7. The zero-order chi connectivity index (χ0) is 23.5. The van der Waals surface area contributed by atoms with Gasteiger partial charge in [0.05, 0.1) is 17.7 Å². The van der Waals surface area contributed by atoms with Crippen LogP contribution < -0.4 is 4.74 Å². The quantitative estimate of drug-likeness (QED) is 0.334. The van der Waals surface area contributed by atoms with Gasteiger partial charge in [-0.3, -0.25) is 14.2 Å². The number of rotatable bonds is 7. The molecule has 4 rings (SSSR count). The Kier molecular flexibility index (Phi) is 6.38. The van der Waals surface area contributed by atoms with E-state index in [1.165, 1.54) is 18.3 Å². The van der Waals surface area contributed by atoms with Gasteiger partial charge in [0.2, 0.25) is 0 Å². The van der Waals surface area contributed by atoms with E-state index in [9.17, 15) is 14.4 Å². The number of carbonyl (C=O) groups is 1. The number of Topliss-reactive ketones (excluding diaryl/α,β-unsaturated/α-hetero) is 1. The second-order valence-electron chi connectivity index (χ2n) is 7.70. The summed E-state index contributed by atoms with van der Waals surface area (Å²) in [5.74, 6) is -0.876. The van der Waals surface area contributed by atoms with Crippen molar-refractivity contribution in [3.63, 3.8) is 0 Å². The highest BCUT2D eigenvalue weighted by molar-refractivity contribution is 6.30. The number of aryl methyl sites for hydroxylation is 2. The first-order valence-electron chi connectivity index (χ1n) is 10.3. The number of carbonyl (C=O) groups excluding carboxylic acids is 1. The van der Waals surface area contributed by atoms with Crippen LogP contribution in [0.15, 0.2) is 54.9 Å². The molecule has 0 aliphatic heterocycles. The third kappa shape index (κ3) is 4.71. The molecule has 0 radical (unpaired) electrons. The summed E-state index contributed by atoms with van der Waals surface area (Å²) in [5, 5.41) is 10.2. The summed E-state index contributed by atoms with van der Waals surface area (Å²) in [7, 11) is 0. The molecule has 166 valence electrons. The van der Waals surface area contributed by atoms with E-state index < -0.39 is 11.7 Å². The number of ether oxygens (including phenoxy) is 1. The Bertz CT molecular complexity index is 1380. The van der Waals surface area contributed by atoms with E-state index in [0.717, 1.165) is 11.1 Å². The standard InChI is InChI=1S/C25H20ClFN4O2/c1-15-10-23(33-14-21-20(27)4-3-9-29-21)25-30-16(2)24(31(25)13-15)22(32)11-18(12-28)17-5-7-19(26)8-6-17/h3-10,13,18H,11,14H2,1-2H3. The number of hydrogen-bond donors (Lipinski definition) is 0. The molecular formula is C25H20ClFN4O2. The molecule has 0 aliphatic carbocycles. The lowest BCUT2D eigenvalue weighted by Crippen LogP contribution is -2.10. The average Bonchev–Trinajstić information content (AvgIpc) is 3.13. The number of nitrogens with zero attached hydrogens (tertiary/aromatic N) is 4. The van der Waals surface area contributed by atoms with E-state index in [1.807, 2.05) is 6.92 Å². The van der Waals surface area contributed by atoms with Crippen LogP contribution in [0.4, 0.5) is 4.39 Å². The Hall–Kier alpha value is -3.76. The smallest absolute Gasteiger partial charge is 0.183 e. The molecular weight excluding hydrogens is 443 g/mol. The van der Waals surface area contributed by atoms with Gasteiger partial charge in [0.15, 0.2) is 17.2 Å². The molecule has 1 unspecified atom stereocenters. The Morgan fingerprint density at radius 2 is 2.03 bits per heavy atom. The number of aromatic nitrogens is 3. The lowest BCUT2D eigenvalue weighted by Gasteiger charge is -2.11. The Labute approximate surface area is 195 Å².